The number of aromatic hydroxyl groups is 1. The Morgan fingerprint density at radius 2 is 1.81 bits per heavy atom. The summed E-state index contributed by atoms with van der Waals surface area (Å²) in [6, 6.07) is 9.25. The van der Waals surface area contributed by atoms with Crippen LogP contribution in [-0.2, 0) is 4.79 Å². The van der Waals surface area contributed by atoms with Gasteiger partial charge in [-0.2, -0.15) is 0 Å². The third kappa shape index (κ3) is 4.82. The zero-order valence-electron chi connectivity index (χ0n) is 16.9. The number of benzene rings is 2. The van der Waals surface area contributed by atoms with E-state index >= 15 is 0 Å². The van der Waals surface area contributed by atoms with Crippen molar-refractivity contribution >= 4 is 22.7 Å². The van der Waals surface area contributed by atoms with E-state index in [1.165, 1.54) is 22.8 Å². The van der Waals surface area contributed by atoms with Crippen LogP contribution in [0.25, 0.3) is 10.9 Å². The van der Waals surface area contributed by atoms with Crippen LogP contribution in [0.3, 0.4) is 0 Å². The number of amides is 1. The van der Waals surface area contributed by atoms with Crippen molar-refractivity contribution < 1.29 is 32.6 Å². The van der Waals surface area contributed by atoms with Gasteiger partial charge in [0.1, 0.15) is 11.5 Å². The lowest BCUT2D eigenvalue weighted by Gasteiger charge is -2.13. The fourth-order valence-electron chi connectivity index (χ4n) is 3.75. The normalized spacial score (nSPS) is 12.7. The molecule has 0 fully saturated rings. The van der Waals surface area contributed by atoms with Crippen LogP contribution in [0, 0.1) is 6.92 Å². The first kappa shape index (κ1) is 22.2. The molecular weight excluding hydrogens is 413 g/mol. The minimum atomic E-state index is -4.82. The number of nitrogens with zero attached hydrogens (tertiary/aromatic N) is 1. The molecule has 0 aliphatic heterocycles. The lowest BCUT2D eigenvalue weighted by atomic mass is 9.93. The van der Waals surface area contributed by atoms with Crippen LogP contribution in [0.5, 0.6) is 11.5 Å². The molecule has 3 N–H and O–H groups in total. The van der Waals surface area contributed by atoms with Gasteiger partial charge in [-0.05, 0) is 67.3 Å². The molecule has 0 aliphatic rings. The molecule has 1 aromatic heterocycles. The van der Waals surface area contributed by atoms with Crippen molar-refractivity contribution in [2.45, 2.75) is 39.0 Å². The van der Waals surface area contributed by atoms with Gasteiger partial charge in [-0.3, -0.25) is 14.2 Å². The van der Waals surface area contributed by atoms with Gasteiger partial charge in [-0.15, -0.1) is 13.2 Å². The quantitative estimate of drug-likeness (QED) is 0.592. The summed E-state index contributed by atoms with van der Waals surface area (Å²) in [5, 5.41) is 10.6. The van der Waals surface area contributed by atoms with Crippen molar-refractivity contribution in [1.29, 1.82) is 0 Å². The highest BCUT2D eigenvalue weighted by Gasteiger charge is 2.31. The number of fused-ring (bicyclic) bond motifs is 1. The van der Waals surface area contributed by atoms with Gasteiger partial charge in [0.25, 0.3) is 5.91 Å². The van der Waals surface area contributed by atoms with Crippen LogP contribution >= 0.6 is 0 Å². The van der Waals surface area contributed by atoms with Gasteiger partial charge in [0.05, 0.1) is 5.52 Å². The van der Waals surface area contributed by atoms with Gasteiger partial charge in [-0.25, -0.2) is 0 Å². The number of rotatable bonds is 6. The van der Waals surface area contributed by atoms with Crippen LogP contribution < -0.4 is 10.5 Å². The van der Waals surface area contributed by atoms with E-state index in [1.54, 1.807) is 19.1 Å². The summed E-state index contributed by atoms with van der Waals surface area (Å²) < 4.78 is 42.4. The van der Waals surface area contributed by atoms with E-state index in [9.17, 15) is 27.9 Å². The summed E-state index contributed by atoms with van der Waals surface area (Å²) in [7, 11) is 0. The zero-order chi connectivity index (χ0) is 22.9. The number of nitrogens with two attached hydrogens (primary N) is 1. The third-order valence-electron chi connectivity index (χ3n) is 5.09. The summed E-state index contributed by atoms with van der Waals surface area (Å²) in [5.74, 6) is -1.42. The minimum Gasteiger partial charge on any atom is -0.508 e. The summed E-state index contributed by atoms with van der Waals surface area (Å²) in [5.41, 5.74) is 7.36. The number of carbonyl (C=O) groups is 2. The highest BCUT2D eigenvalue weighted by Crippen LogP contribution is 2.36. The molecule has 0 bridgehead atoms. The first-order valence-corrected chi connectivity index (χ1v) is 9.50. The Morgan fingerprint density at radius 3 is 2.39 bits per heavy atom. The molecule has 31 heavy (non-hydrogen) atoms. The van der Waals surface area contributed by atoms with Gasteiger partial charge >= 0.3 is 6.36 Å². The maximum Gasteiger partial charge on any atom is 0.573 e. The minimum absolute atomic E-state index is 0.0223. The number of hydrogen-bond acceptors (Lipinski definition) is 4. The molecule has 3 rings (SSSR count). The first-order valence-electron chi connectivity index (χ1n) is 9.50. The van der Waals surface area contributed by atoms with E-state index in [2.05, 4.69) is 4.74 Å². The van der Waals surface area contributed by atoms with Gasteiger partial charge in [0.2, 0.25) is 5.91 Å². The standard InChI is InChI=1S/C22H21F3N2O4/c1-12(3-10-19(26)29)20-13(2)27(18-9-6-15(28)11-17(18)20)21(30)14-4-7-16(8-5-14)31-22(23,24)25/h4-9,11-12,28H,3,10H2,1-2H3,(H2,26,29)/t12-/m0/s1. The molecule has 3 aromatic rings. The Balaban J connectivity index is 2.04. The number of alkyl halides is 3. The smallest absolute Gasteiger partial charge is 0.508 e. The molecule has 6 nitrogen and oxygen atoms in total. The van der Waals surface area contributed by atoms with Crippen molar-refractivity contribution in [2.75, 3.05) is 0 Å². The maximum atomic E-state index is 13.2. The number of phenolic OH excluding ortho intramolecular Hbond substituents is 1. The number of aromatic nitrogens is 1. The Hall–Kier alpha value is -3.49. The fourth-order valence-corrected chi connectivity index (χ4v) is 3.75. The second kappa shape index (κ2) is 8.33. The van der Waals surface area contributed by atoms with Crippen molar-refractivity contribution in [3.05, 3.63) is 59.3 Å². The monoisotopic (exact) mass is 434 g/mol. The maximum absolute atomic E-state index is 13.2. The number of phenols is 1. The lowest BCUT2D eigenvalue weighted by molar-refractivity contribution is -0.274. The van der Waals surface area contributed by atoms with Crippen molar-refractivity contribution in [3.8, 4) is 11.5 Å². The number of hydrogen-bond donors (Lipinski definition) is 2. The van der Waals surface area contributed by atoms with Crippen LogP contribution in [-0.4, -0.2) is 27.9 Å². The average Bonchev–Trinajstić information content (AvgIpc) is 2.96. The predicted octanol–water partition coefficient (Wildman–Crippen LogP) is 4.61. The summed E-state index contributed by atoms with van der Waals surface area (Å²) in [6.07, 6.45) is -4.19. The van der Waals surface area contributed by atoms with E-state index in [-0.39, 0.29) is 23.7 Å². The van der Waals surface area contributed by atoms with Crippen LogP contribution in [0.15, 0.2) is 42.5 Å². The largest absolute Gasteiger partial charge is 0.573 e. The Bertz CT molecular complexity index is 1130. The molecule has 0 spiro atoms. The SMILES string of the molecule is Cc1c([C@@H](C)CCC(N)=O)c2cc(O)ccc2n1C(=O)c1ccc(OC(F)(F)F)cc1. The summed E-state index contributed by atoms with van der Waals surface area (Å²) in [6.45, 7) is 3.64. The molecule has 0 unspecified atom stereocenters. The summed E-state index contributed by atoms with van der Waals surface area (Å²) in [4.78, 5) is 24.4. The van der Waals surface area contributed by atoms with Crippen molar-refractivity contribution in [2.24, 2.45) is 5.73 Å². The second-order valence-corrected chi connectivity index (χ2v) is 7.32. The van der Waals surface area contributed by atoms with E-state index in [4.69, 9.17) is 5.73 Å². The van der Waals surface area contributed by atoms with Crippen molar-refractivity contribution in [3.63, 3.8) is 0 Å². The van der Waals surface area contributed by atoms with E-state index < -0.39 is 23.9 Å². The Morgan fingerprint density at radius 1 is 1.16 bits per heavy atom. The summed E-state index contributed by atoms with van der Waals surface area (Å²) >= 11 is 0. The molecule has 9 heteroatoms. The fraction of sp³-hybridized carbons (Fsp3) is 0.273. The number of halogens is 3. The van der Waals surface area contributed by atoms with Crippen LogP contribution in [0.1, 0.15) is 47.3 Å². The topological polar surface area (TPSA) is 94.5 Å². The van der Waals surface area contributed by atoms with Gasteiger partial charge < -0.3 is 15.6 Å². The predicted molar refractivity (Wildman–Crippen MR) is 108 cm³/mol. The van der Waals surface area contributed by atoms with Gasteiger partial charge in [0.15, 0.2) is 0 Å². The average molecular weight is 434 g/mol. The highest BCUT2D eigenvalue weighted by molar-refractivity contribution is 6.04. The zero-order valence-corrected chi connectivity index (χ0v) is 16.9. The van der Waals surface area contributed by atoms with Crippen LogP contribution in [0.2, 0.25) is 0 Å². The highest BCUT2D eigenvalue weighted by atomic mass is 19.4. The Labute approximate surface area is 176 Å². The molecule has 0 radical (unpaired) electrons. The van der Waals surface area contributed by atoms with E-state index in [1.807, 2.05) is 6.92 Å². The number of carbonyl (C=O) groups excluding carboxylic acids is 2. The van der Waals surface area contributed by atoms with E-state index in [0.717, 1.165) is 17.7 Å². The Kier molecular flexibility index (Phi) is 5.97. The molecule has 1 heterocycles. The third-order valence-corrected chi connectivity index (χ3v) is 5.09. The van der Waals surface area contributed by atoms with Gasteiger partial charge in [0, 0.05) is 23.1 Å². The van der Waals surface area contributed by atoms with Crippen molar-refractivity contribution in [1.82, 2.24) is 4.57 Å². The second-order valence-electron chi connectivity index (χ2n) is 7.32. The first-order chi connectivity index (χ1) is 14.5. The van der Waals surface area contributed by atoms with Gasteiger partial charge in [-0.1, -0.05) is 6.92 Å². The molecule has 1 atom stereocenters. The molecule has 1 amide bonds. The molecule has 0 saturated carbocycles. The number of primary amides is 1. The molecule has 2 aromatic carbocycles. The molecule has 164 valence electrons. The molecular formula is C22H21F3N2O4. The lowest BCUT2D eigenvalue weighted by Crippen LogP contribution is -2.17. The van der Waals surface area contributed by atoms with E-state index in [0.29, 0.717) is 23.0 Å². The number of ether oxygens (including phenoxy) is 1. The molecule has 0 saturated heterocycles. The van der Waals surface area contributed by atoms with Crippen LogP contribution in [0.4, 0.5) is 13.2 Å². The molecule has 0 aliphatic carbocycles.